The van der Waals surface area contributed by atoms with Crippen molar-refractivity contribution in [1.82, 2.24) is 5.32 Å². The van der Waals surface area contributed by atoms with Gasteiger partial charge in [-0.3, -0.25) is 0 Å². The van der Waals surface area contributed by atoms with Gasteiger partial charge < -0.3 is 10.1 Å². The summed E-state index contributed by atoms with van der Waals surface area (Å²) in [7, 11) is 1.72. The van der Waals surface area contributed by atoms with E-state index in [9.17, 15) is 0 Å². The Morgan fingerprint density at radius 1 is 1.47 bits per heavy atom. The van der Waals surface area contributed by atoms with Crippen molar-refractivity contribution in [1.29, 1.82) is 0 Å². The predicted molar refractivity (Wildman–Crippen MR) is 67.5 cm³/mol. The van der Waals surface area contributed by atoms with Crippen molar-refractivity contribution in [3.63, 3.8) is 0 Å². The second-order valence-corrected chi connectivity index (χ2v) is 4.46. The van der Waals surface area contributed by atoms with Gasteiger partial charge in [-0.1, -0.05) is 13.0 Å². The van der Waals surface area contributed by atoms with E-state index >= 15 is 0 Å². The molecular formula is C12H19NOS. The molecule has 0 fully saturated rings. The van der Waals surface area contributed by atoms with Gasteiger partial charge in [-0.2, -0.15) is 0 Å². The number of aryl methyl sites for hydroxylation is 1. The molecule has 3 heteroatoms. The fraction of sp³-hybridized carbons (Fsp3) is 0.500. The maximum atomic E-state index is 4.94. The quantitative estimate of drug-likeness (QED) is 0.720. The van der Waals surface area contributed by atoms with Crippen molar-refractivity contribution < 1.29 is 4.74 Å². The number of hydrogen-bond donors (Lipinski definition) is 1. The highest BCUT2D eigenvalue weighted by molar-refractivity contribution is 7.12. The molecule has 1 aromatic heterocycles. The van der Waals surface area contributed by atoms with Gasteiger partial charge in [-0.05, 0) is 24.6 Å². The molecule has 1 N–H and O–H groups in total. The summed E-state index contributed by atoms with van der Waals surface area (Å²) in [5.41, 5.74) is 0. The van der Waals surface area contributed by atoms with Crippen LogP contribution in [0.5, 0.6) is 0 Å². The lowest BCUT2D eigenvalue weighted by atomic mass is 10.3. The highest BCUT2D eigenvalue weighted by atomic mass is 32.1. The Kier molecular flexibility index (Phi) is 6.32. The second kappa shape index (κ2) is 7.63. The molecule has 1 aromatic rings. The van der Waals surface area contributed by atoms with Crippen LogP contribution >= 0.6 is 11.3 Å². The van der Waals surface area contributed by atoms with Crippen molar-refractivity contribution in [2.75, 3.05) is 26.8 Å². The maximum Gasteiger partial charge on any atom is 0.0587 e. The number of ether oxygens (including phenoxy) is 1. The van der Waals surface area contributed by atoms with Crippen LogP contribution in [-0.4, -0.2) is 26.8 Å². The number of hydrogen-bond acceptors (Lipinski definition) is 3. The first-order chi connectivity index (χ1) is 7.36. The van der Waals surface area contributed by atoms with E-state index in [0.717, 1.165) is 26.1 Å². The summed E-state index contributed by atoms with van der Waals surface area (Å²) < 4.78 is 4.94. The zero-order valence-corrected chi connectivity index (χ0v) is 10.3. The number of methoxy groups -OCH3 is 1. The van der Waals surface area contributed by atoms with Crippen LogP contribution in [0.2, 0.25) is 0 Å². The van der Waals surface area contributed by atoms with E-state index in [1.54, 1.807) is 7.11 Å². The summed E-state index contributed by atoms with van der Waals surface area (Å²) in [6.45, 7) is 4.77. The third kappa shape index (κ3) is 5.11. The molecule has 0 unspecified atom stereocenters. The molecule has 84 valence electrons. The lowest BCUT2D eigenvalue weighted by Gasteiger charge is -1.98. The normalized spacial score (nSPS) is 11.3. The zero-order chi connectivity index (χ0) is 10.9. The van der Waals surface area contributed by atoms with Gasteiger partial charge in [0.25, 0.3) is 0 Å². The van der Waals surface area contributed by atoms with Gasteiger partial charge in [0.1, 0.15) is 0 Å². The van der Waals surface area contributed by atoms with E-state index in [0.29, 0.717) is 0 Å². The highest BCUT2D eigenvalue weighted by Gasteiger charge is 1.93. The molecule has 0 amide bonds. The molecule has 0 bridgehead atoms. The van der Waals surface area contributed by atoms with Crippen LogP contribution in [0, 0.1) is 0 Å². The zero-order valence-electron chi connectivity index (χ0n) is 9.45. The van der Waals surface area contributed by atoms with Crippen LogP contribution in [0.4, 0.5) is 0 Å². The van der Waals surface area contributed by atoms with E-state index in [2.05, 4.69) is 36.5 Å². The van der Waals surface area contributed by atoms with Crippen LogP contribution in [-0.2, 0) is 11.2 Å². The molecule has 0 atom stereocenters. The van der Waals surface area contributed by atoms with Gasteiger partial charge in [-0.25, -0.2) is 0 Å². The van der Waals surface area contributed by atoms with Crippen LogP contribution in [0.15, 0.2) is 18.2 Å². The number of thiophene rings is 1. The molecule has 1 rings (SSSR count). The highest BCUT2D eigenvalue weighted by Crippen LogP contribution is 2.17. The third-order valence-electron chi connectivity index (χ3n) is 2.06. The third-order valence-corrected chi connectivity index (χ3v) is 3.25. The monoisotopic (exact) mass is 225 g/mol. The standard InChI is InChI=1S/C12H19NOS/c1-3-11-6-7-12(15-11)5-4-8-13-9-10-14-2/h4-7,13H,3,8-10H2,1-2H3. The van der Waals surface area contributed by atoms with Gasteiger partial charge in [0.05, 0.1) is 6.61 Å². The van der Waals surface area contributed by atoms with Gasteiger partial charge in [-0.15, -0.1) is 11.3 Å². The number of rotatable bonds is 7. The van der Waals surface area contributed by atoms with Crippen LogP contribution in [0.3, 0.4) is 0 Å². The lowest BCUT2D eigenvalue weighted by molar-refractivity contribution is 0.200. The summed E-state index contributed by atoms with van der Waals surface area (Å²) >= 11 is 1.86. The molecule has 0 aliphatic heterocycles. The smallest absolute Gasteiger partial charge is 0.0587 e. The van der Waals surface area contributed by atoms with Crippen molar-refractivity contribution in [2.24, 2.45) is 0 Å². The average molecular weight is 225 g/mol. The Morgan fingerprint density at radius 2 is 2.33 bits per heavy atom. The Bertz CT molecular complexity index is 294. The van der Waals surface area contributed by atoms with Crippen LogP contribution in [0.1, 0.15) is 16.7 Å². The molecule has 0 radical (unpaired) electrons. The molecule has 0 aliphatic rings. The van der Waals surface area contributed by atoms with Gasteiger partial charge >= 0.3 is 0 Å². The maximum absolute atomic E-state index is 4.94. The molecular weight excluding hydrogens is 206 g/mol. The van der Waals surface area contributed by atoms with Crippen molar-refractivity contribution in [3.05, 3.63) is 28.0 Å². The molecule has 0 aliphatic carbocycles. The van der Waals surface area contributed by atoms with Crippen molar-refractivity contribution >= 4 is 17.4 Å². The summed E-state index contributed by atoms with van der Waals surface area (Å²) in [4.78, 5) is 2.78. The Balaban J connectivity index is 2.19. The van der Waals surface area contributed by atoms with E-state index in [1.165, 1.54) is 9.75 Å². The van der Waals surface area contributed by atoms with E-state index in [4.69, 9.17) is 4.74 Å². The first-order valence-corrected chi connectivity index (χ1v) is 6.13. The largest absolute Gasteiger partial charge is 0.383 e. The molecule has 0 saturated carbocycles. The van der Waals surface area contributed by atoms with E-state index in [-0.39, 0.29) is 0 Å². The van der Waals surface area contributed by atoms with Crippen LogP contribution in [0.25, 0.3) is 6.08 Å². The minimum absolute atomic E-state index is 0.771. The van der Waals surface area contributed by atoms with Crippen LogP contribution < -0.4 is 5.32 Å². The summed E-state index contributed by atoms with van der Waals surface area (Å²) in [5.74, 6) is 0. The van der Waals surface area contributed by atoms with E-state index in [1.807, 2.05) is 11.3 Å². The minimum atomic E-state index is 0.771. The van der Waals surface area contributed by atoms with Gasteiger partial charge in [0, 0.05) is 30.0 Å². The first kappa shape index (κ1) is 12.4. The fourth-order valence-corrected chi connectivity index (χ4v) is 2.09. The average Bonchev–Trinajstić information content (AvgIpc) is 2.71. The number of nitrogens with one attached hydrogen (secondary N) is 1. The van der Waals surface area contributed by atoms with Gasteiger partial charge in [0.15, 0.2) is 0 Å². The summed E-state index contributed by atoms with van der Waals surface area (Å²) in [6.07, 6.45) is 5.45. The summed E-state index contributed by atoms with van der Waals surface area (Å²) in [6, 6.07) is 4.37. The van der Waals surface area contributed by atoms with Crippen molar-refractivity contribution in [3.8, 4) is 0 Å². The molecule has 2 nitrogen and oxygen atoms in total. The van der Waals surface area contributed by atoms with E-state index < -0.39 is 0 Å². The Morgan fingerprint density at radius 3 is 3.00 bits per heavy atom. The molecule has 1 heterocycles. The molecule has 0 saturated heterocycles. The SMILES string of the molecule is CCc1ccc(C=CCNCCOC)s1. The second-order valence-electron chi connectivity index (χ2n) is 3.26. The predicted octanol–water partition coefficient (Wildman–Crippen LogP) is 2.56. The Labute approximate surface area is 96.0 Å². The van der Waals surface area contributed by atoms with Gasteiger partial charge in [0.2, 0.25) is 0 Å². The minimum Gasteiger partial charge on any atom is -0.383 e. The molecule has 15 heavy (non-hydrogen) atoms. The molecule has 0 aromatic carbocycles. The summed E-state index contributed by atoms with van der Waals surface area (Å²) in [5, 5.41) is 3.27. The first-order valence-electron chi connectivity index (χ1n) is 5.31. The van der Waals surface area contributed by atoms with Crippen molar-refractivity contribution in [2.45, 2.75) is 13.3 Å². The Hall–Kier alpha value is -0.640. The fourth-order valence-electron chi connectivity index (χ4n) is 1.21. The molecule has 0 spiro atoms. The topological polar surface area (TPSA) is 21.3 Å². The lowest BCUT2D eigenvalue weighted by Crippen LogP contribution is -2.18.